The number of rotatable bonds is 3. The van der Waals surface area contributed by atoms with Gasteiger partial charge in [-0.15, -0.1) is 0 Å². The molecular formula is C12H17BrN2. The van der Waals surface area contributed by atoms with Crippen molar-refractivity contribution in [2.24, 2.45) is 11.7 Å². The van der Waals surface area contributed by atoms with Gasteiger partial charge in [0.1, 0.15) is 0 Å². The minimum absolute atomic E-state index is 0.482. The normalized spacial score (nSPS) is 22.9. The lowest BCUT2D eigenvalue weighted by Gasteiger charge is -2.22. The van der Waals surface area contributed by atoms with E-state index in [2.05, 4.69) is 39.4 Å². The van der Waals surface area contributed by atoms with E-state index in [0.717, 1.165) is 19.6 Å². The topological polar surface area (TPSA) is 38.0 Å². The second-order valence-electron chi connectivity index (χ2n) is 4.12. The molecule has 1 aliphatic rings. The van der Waals surface area contributed by atoms with Crippen molar-refractivity contribution in [3.8, 4) is 0 Å². The summed E-state index contributed by atoms with van der Waals surface area (Å²) in [5.41, 5.74) is 7.26. The van der Waals surface area contributed by atoms with Crippen molar-refractivity contribution in [1.82, 2.24) is 5.32 Å². The summed E-state index contributed by atoms with van der Waals surface area (Å²) in [6.45, 7) is 2.96. The van der Waals surface area contributed by atoms with Gasteiger partial charge in [0.05, 0.1) is 0 Å². The second kappa shape index (κ2) is 5.10. The van der Waals surface area contributed by atoms with E-state index >= 15 is 0 Å². The molecule has 1 heterocycles. The zero-order chi connectivity index (χ0) is 10.7. The summed E-state index contributed by atoms with van der Waals surface area (Å²) in [7, 11) is 0. The molecule has 0 spiro atoms. The van der Waals surface area contributed by atoms with Gasteiger partial charge in [0.2, 0.25) is 0 Å². The quantitative estimate of drug-likeness (QED) is 0.882. The van der Waals surface area contributed by atoms with Crippen LogP contribution >= 0.6 is 15.9 Å². The molecule has 2 unspecified atom stereocenters. The third-order valence-electron chi connectivity index (χ3n) is 3.23. The molecule has 0 aromatic heterocycles. The molecule has 0 bridgehead atoms. The van der Waals surface area contributed by atoms with E-state index in [0.29, 0.717) is 11.8 Å². The number of benzene rings is 1. The van der Waals surface area contributed by atoms with Crippen LogP contribution in [-0.2, 0) is 0 Å². The van der Waals surface area contributed by atoms with Gasteiger partial charge < -0.3 is 11.1 Å². The molecule has 2 atom stereocenters. The Hall–Kier alpha value is -0.380. The molecule has 1 aliphatic heterocycles. The number of halogens is 1. The first-order chi connectivity index (χ1) is 7.33. The molecular weight excluding hydrogens is 252 g/mol. The molecule has 3 N–H and O–H groups in total. The lowest BCUT2D eigenvalue weighted by Crippen LogP contribution is -2.23. The Morgan fingerprint density at radius 1 is 1.47 bits per heavy atom. The van der Waals surface area contributed by atoms with Crippen LogP contribution < -0.4 is 11.1 Å². The maximum absolute atomic E-state index is 5.90. The molecule has 15 heavy (non-hydrogen) atoms. The van der Waals surface area contributed by atoms with Gasteiger partial charge in [-0.1, -0.05) is 34.1 Å². The highest BCUT2D eigenvalue weighted by atomic mass is 79.9. The smallest absolute Gasteiger partial charge is 0.0210 e. The van der Waals surface area contributed by atoms with Crippen molar-refractivity contribution in [2.75, 3.05) is 19.6 Å². The third-order valence-corrected chi connectivity index (χ3v) is 3.95. The fourth-order valence-corrected chi connectivity index (χ4v) is 2.95. The molecule has 1 aromatic carbocycles. The molecule has 2 nitrogen and oxygen atoms in total. The van der Waals surface area contributed by atoms with E-state index in [1.807, 2.05) is 6.07 Å². The van der Waals surface area contributed by atoms with Gasteiger partial charge in [-0.3, -0.25) is 0 Å². The van der Waals surface area contributed by atoms with E-state index in [4.69, 9.17) is 5.73 Å². The van der Waals surface area contributed by atoms with Crippen LogP contribution in [0, 0.1) is 5.92 Å². The molecule has 2 rings (SSSR count). The Balaban J connectivity index is 2.22. The summed E-state index contributed by atoms with van der Waals surface area (Å²) in [6.07, 6.45) is 1.24. The summed E-state index contributed by atoms with van der Waals surface area (Å²) in [5, 5.41) is 3.41. The highest BCUT2D eigenvalue weighted by molar-refractivity contribution is 9.10. The Bertz CT molecular complexity index is 321. The van der Waals surface area contributed by atoms with Gasteiger partial charge in [0.15, 0.2) is 0 Å². The number of hydrogen-bond donors (Lipinski definition) is 2. The van der Waals surface area contributed by atoms with Crippen molar-refractivity contribution >= 4 is 15.9 Å². The molecule has 3 heteroatoms. The summed E-state index contributed by atoms with van der Waals surface area (Å²) < 4.78 is 1.19. The Morgan fingerprint density at radius 2 is 2.27 bits per heavy atom. The van der Waals surface area contributed by atoms with E-state index in [-0.39, 0.29) is 0 Å². The molecule has 0 amide bonds. The minimum atomic E-state index is 0.482. The first kappa shape index (κ1) is 11.1. The number of hydrogen-bond acceptors (Lipinski definition) is 2. The summed E-state index contributed by atoms with van der Waals surface area (Å²) in [6, 6.07) is 8.42. The van der Waals surface area contributed by atoms with Crippen LogP contribution in [0.25, 0.3) is 0 Å². The lowest BCUT2D eigenvalue weighted by atomic mass is 9.85. The van der Waals surface area contributed by atoms with Gasteiger partial charge in [-0.25, -0.2) is 0 Å². The van der Waals surface area contributed by atoms with Crippen LogP contribution in [0.2, 0.25) is 0 Å². The molecule has 1 saturated heterocycles. The van der Waals surface area contributed by atoms with Crippen LogP contribution in [-0.4, -0.2) is 19.6 Å². The van der Waals surface area contributed by atoms with E-state index in [1.165, 1.54) is 16.5 Å². The Kier molecular flexibility index (Phi) is 3.78. The maximum atomic E-state index is 5.90. The molecule has 1 aromatic rings. The predicted molar refractivity (Wildman–Crippen MR) is 66.9 cm³/mol. The molecule has 0 saturated carbocycles. The monoisotopic (exact) mass is 268 g/mol. The van der Waals surface area contributed by atoms with Gasteiger partial charge >= 0.3 is 0 Å². The first-order valence-electron chi connectivity index (χ1n) is 5.48. The highest BCUT2D eigenvalue weighted by Crippen LogP contribution is 2.32. The average Bonchev–Trinajstić information content (AvgIpc) is 2.75. The first-order valence-corrected chi connectivity index (χ1v) is 6.27. The maximum Gasteiger partial charge on any atom is 0.0210 e. The zero-order valence-corrected chi connectivity index (χ0v) is 10.3. The van der Waals surface area contributed by atoms with E-state index in [1.54, 1.807) is 0 Å². The summed E-state index contributed by atoms with van der Waals surface area (Å²) >= 11 is 3.61. The van der Waals surface area contributed by atoms with Gasteiger partial charge in [0, 0.05) is 10.4 Å². The molecule has 82 valence electrons. The fraction of sp³-hybridized carbons (Fsp3) is 0.500. The summed E-state index contributed by atoms with van der Waals surface area (Å²) in [5.74, 6) is 1.17. The lowest BCUT2D eigenvalue weighted by molar-refractivity contribution is 0.463. The van der Waals surface area contributed by atoms with Gasteiger partial charge in [0.25, 0.3) is 0 Å². The van der Waals surface area contributed by atoms with Gasteiger partial charge in [-0.05, 0) is 43.6 Å². The van der Waals surface area contributed by atoms with Crippen molar-refractivity contribution in [3.63, 3.8) is 0 Å². The Labute approximate surface area is 99.4 Å². The van der Waals surface area contributed by atoms with Gasteiger partial charge in [-0.2, -0.15) is 0 Å². The standard InChI is InChI=1S/C12H17BrN2/c13-12-4-2-1-3-10(12)11(7-14)9-5-6-15-8-9/h1-4,9,11,15H,5-8,14H2. The van der Waals surface area contributed by atoms with Crippen molar-refractivity contribution < 1.29 is 0 Å². The molecule has 0 radical (unpaired) electrons. The number of nitrogens with one attached hydrogen (secondary N) is 1. The van der Waals surface area contributed by atoms with Crippen LogP contribution in [0.1, 0.15) is 17.9 Å². The minimum Gasteiger partial charge on any atom is -0.330 e. The third kappa shape index (κ3) is 2.41. The Morgan fingerprint density at radius 3 is 2.87 bits per heavy atom. The highest BCUT2D eigenvalue weighted by Gasteiger charge is 2.26. The van der Waals surface area contributed by atoms with E-state index in [9.17, 15) is 0 Å². The fourth-order valence-electron chi connectivity index (χ4n) is 2.37. The van der Waals surface area contributed by atoms with Crippen molar-refractivity contribution in [1.29, 1.82) is 0 Å². The summed E-state index contributed by atoms with van der Waals surface area (Å²) in [4.78, 5) is 0. The SMILES string of the molecule is NCC(c1ccccc1Br)C1CCNC1. The average molecular weight is 269 g/mol. The van der Waals surface area contributed by atoms with Crippen LogP contribution in [0.5, 0.6) is 0 Å². The van der Waals surface area contributed by atoms with Crippen molar-refractivity contribution in [3.05, 3.63) is 34.3 Å². The predicted octanol–water partition coefficient (Wildman–Crippen LogP) is 2.10. The largest absolute Gasteiger partial charge is 0.330 e. The molecule has 0 aliphatic carbocycles. The second-order valence-corrected chi connectivity index (χ2v) is 4.97. The number of nitrogens with two attached hydrogens (primary N) is 1. The van der Waals surface area contributed by atoms with Crippen LogP contribution in [0.3, 0.4) is 0 Å². The van der Waals surface area contributed by atoms with Crippen LogP contribution in [0.4, 0.5) is 0 Å². The zero-order valence-electron chi connectivity index (χ0n) is 8.75. The van der Waals surface area contributed by atoms with Crippen molar-refractivity contribution in [2.45, 2.75) is 12.3 Å². The van der Waals surface area contributed by atoms with E-state index < -0.39 is 0 Å². The molecule has 1 fully saturated rings. The van der Waals surface area contributed by atoms with Crippen LogP contribution in [0.15, 0.2) is 28.7 Å².